The highest BCUT2D eigenvalue weighted by Gasteiger charge is 2.17. The Hall–Kier alpha value is -2.98. The molecular formula is C25H29ClN4. The highest BCUT2D eigenvalue weighted by Crippen LogP contribution is 2.20. The molecule has 1 aliphatic rings. The molecule has 0 bridgehead atoms. The molecule has 1 saturated heterocycles. The fourth-order valence-electron chi connectivity index (χ4n) is 3.75. The number of halogens is 1. The Morgan fingerprint density at radius 3 is 1.77 bits per heavy atom. The lowest BCUT2D eigenvalue weighted by molar-refractivity contribution is 0.653. The van der Waals surface area contributed by atoms with E-state index in [0.29, 0.717) is 12.4 Å². The molecule has 1 fully saturated rings. The Labute approximate surface area is 185 Å². The van der Waals surface area contributed by atoms with E-state index in [0.717, 1.165) is 38.2 Å². The molecular weight excluding hydrogens is 392 g/mol. The Kier molecular flexibility index (Phi) is 7.75. The van der Waals surface area contributed by atoms with E-state index in [-0.39, 0.29) is 12.4 Å². The predicted molar refractivity (Wildman–Crippen MR) is 130 cm³/mol. The van der Waals surface area contributed by atoms with Crippen molar-refractivity contribution in [3.05, 3.63) is 96.1 Å². The number of para-hydroxylation sites is 1. The van der Waals surface area contributed by atoms with Gasteiger partial charge in [-0.25, -0.2) is 0 Å². The Bertz CT molecular complexity index is 918. The lowest BCUT2D eigenvalue weighted by atomic mass is 10.1. The minimum Gasteiger partial charge on any atom is -0.384 e. The maximum absolute atomic E-state index is 6.20. The van der Waals surface area contributed by atoms with E-state index >= 15 is 0 Å². The molecule has 4 rings (SSSR count). The number of nitrogens with two attached hydrogens (primary N) is 1. The number of rotatable bonds is 6. The van der Waals surface area contributed by atoms with Gasteiger partial charge < -0.3 is 15.5 Å². The number of benzene rings is 3. The molecule has 0 amide bonds. The number of aliphatic imine (C=N–C) groups is 1. The van der Waals surface area contributed by atoms with Gasteiger partial charge >= 0.3 is 0 Å². The van der Waals surface area contributed by atoms with E-state index in [1.54, 1.807) is 0 Å². The number of anilines is 2. The van der Waals surface area contributed by atoms with Gasteiger partial charge in [0.15, 0.2) is 0 Å². The van der Waals surface area contributed by atoms with E-state index in [4.69, 9.17) is 5.73 Å². The van der Waals surface area contributed by atoms with E-state index < -0.39 is 0 Å². The van der Waals surface area contributed by atoms with Crippen LogP contribution in [0.1, 0.15) is 11.1 Å². The molecule has 4 nitrogen and oxygen atoms in total. The fourth-order valence-corrected chi connectivity index (χ4v) is 3.75. The van der Waals surface area contributed by atoms with Crippen LogP contribution in [-0.4, -0.2) is 38.6 Å². The number of hydrogen-bond donors (Lipinski definition) is 1. The predicted octanol–water partition coefficient (Wildman–Crippen LogP) is 4.38. The zero-order chi connectivity index (χ0) is 19.9. The van der Waals surface area contributed by atoms with E-state index in [1.165, 1.54) is 16.9 Å². The summed E-state index contributed by atoms with van der Waals surface area (Å²) in [6.07, 6.45) is 0.908. The van der Waals surface area contributed by atoms with Gasteiger partial charge in [0.05, 0.1) is 0 Å². The third-order valence-corrected chi connectivity index (χ3v) is 5.45. The zero-order valence-corrected chi connectivity index (χ0v) is 18.0. The lowest BCUT2D eigenvalue weighted by Gasteiger charge is -2.37. The van der Waals surface area contributed by atoms with Crippen LogP contribution in [0.5, 0.6) is 0 Å². The maximum atomic E-state index is 6.20. The first-order chi connectivity index (χ1) is 14.3. The Balaban J connectivity index is 0.00000256. The second-order valence-electron chi connectivity index (χ2n) is 7.36. The fraction of sp³-hybridized carbons (Fsp3) is 0.240. The Morgan fingerprint density at radius 1 is 0.700 bits per heavy atom. The summed E-state index contributed by atoms with van der Waals surface area (Å²) in [5.74, 6) is 0.612. The molecule has 0 spiro atoms. The smallest absolute Gasteiger partial charge is 0.125 e. The number of nitrogens with zero attached hydrogens (tertiary/aromatic N) is 3. The standard InChI is InChI=1S/C25H28N4.ClH/c26-25(27-16-15-21-7-3-1-4-8-21)22-11-13-24(14-12-22)29-19-17-28(18-20-29)23-9-5-2-6-10-23;/h1-14H,15-20H2,(H2,26,27);1H. The van der Waals surface area contributed by atoms with Crippen LogP contribution in [0, 0.1) is 0 Å². The average Bonchev–Trinajstić information content (AvgIpc) is 2.80. The minimum absolute atomic E-state index is 0. The highest BCUT2D eigenvalue weighted by molar-refractivity contribution is 5.97. The van der Waals surface area contributed by atoms with Crippen molar-refractivity contribution >= 4 is 29.6 Å². The van der Waals surface area contributed by atoms with Gasteiger partial charge in [0.1, 0.15) is 5.84 Å². The molecule has 0 aromatic heterocycles. The second kappa shape index (κ2) is 10.7. The van der Waals surface area contributed by atoms with Crippen molar-refractivity contribution < 1.29 is 0 Å². The number of piperazine rings is 1. The Morgan fingerprint density at radius 2 is 1.20 bits per heavy atom. The first-order valence-electron chi connectivity index (χ1n) is 10.3. The van der Waals surface area contributed by atoms with Gasteiger partial charge in [0.25, 0.3) is 0 Å². The van der Waals surface area contributed by atoms with Crippen LogP contribution < -0.4 is 15.5 Å². The molecule has 30 heavy (non-hydrogen) atoms. The molecule has 3 aromatic rings. The van der Waals surface area contributed by atoms with E-state index in [9.17, 15) is 0 Å². The van der Waals surface area contributed by atoms with Crippen molar-refractivity contribution in [2.75, 3.05) is 42.5 Å². The van der Waals surface area contributed by atoms with Crippen LogP contribution in [0.15, 0.2) is 89.9 Å². The molecule has 0 unspecified atom stereocenters. The maximum Gasteiger partial charge on any atom is 0.125 e. The third kappa shape index (κ3) is 5.55. The average molecular weight is 421 g/mol. The highest BCUT2D eigenvalue weighted by atomic mass is 35.5. The zero-order valence-electron chi connectivity index (χ0n) is 17.2. The van der Waals surface area contributed by atoms with Crippen molar-refractivity contribution in [2.24, 2.45) is 10.7 Å². The largest absolute Gasteiger partial charge is 0.384 e. The lowest BCUT2D eigenvalue weighted by Crippen LogP contribution is -2.46. The topological polar surface area (TPSA) is 44.9 Å². The summed E-state index contributed by atoms with van der Waals surface area (Å²) in [4.78, 5) is 9.43. The second-order valence-corrected chi connectivity index (χ2v) is 7.36. The van der Waals surface area contributed by atoms with Crippen molar-refractivity contribution in [3.8, 4) is 0 Å². The normalized spacial score (nSPS) is 14.3. The first-order valence-corrected chi connectivity index (χ1v) is 10.3. The van der Waals surface area contributed by atoms with Crippen LogP contribution >= 0.6 is 12.4 Å². The molecule has 1 heterocycles. The van der Waals surface area contributed by atoms with Crippen LogP contribution in [0.2, 0.25) is 0 Å². The monoisotopic (exact) mass is 420 g/mol. The first kappa shape index (κ1) is 21.7. The molecule has 0 radical (unpaired) electrons. The van der Waals surface area contributed by atoms with Gasteiger partial charge in [-0.2, -0.15) is 0 Å². The molecule has 3 aromatic carbocycles. The number of hydrogen-bond acceptors (Lipinski definition) is 3. The quantitative estimate of drug-likeness (QED) is 0.475. The van der Waals surface area contributed by atoms with Gasteiger partial charge in [-0.15, -0.1) is 12.4 Å². The van der Waals surface area contributed by atoms with Crippen molar-refractivity contribution in [1.82, 2.24) is 0 Å². The van der Waals surface area contributed by atoms with Crippen molar-refractivity contribution in [2.45, 2.75) is 6.42 Å². The molecule has 0 atom stereocenters. The molecule has 5 heteroatoms. The summed E-state index contributed by atoms with van der Waals surface area (Å²) in [6, 6.07) is 29.5. The van der Waals surface area contributed by atoms with Gasteiger partial charge in [0.2, 0.25) is 0 Å². The molecule has 2 N–H and O–H groups in total. The van der Waals surface area contributed by atoms with Gasteiger partial charge in [-0.05, 0) is 48.4 Å². The van der Waals surface area contributed by atoms with Crippen molar-refractivity contribution in [1.29, 1.82) is 0 Å². The summed E-state index contributed by atoms with van der Waals surface area (Å²) in [7, 11) is 0. The summed E-state index contributed by atoms with van der Waals surface area (Å²) >= 11 is 0. The summed E-state index contributed by atoms with van der Waals surface area (Å²) in [5, 5.41) is 0. The van der Waals surface area contributed by atoms with E-state index in [1.807, 2.05) is 6.07 Å². The molecule has 0 saturated carbocycles. The van der Waals surface area contributed by atoms with Crippen LogP contribution in [-0.2, 0) is 6.42 Å². The number of amidine groups is 1. The third-order valence-electron chi connectivity index (χ3n) is 5.45. The molecule has 0 aliphatic carbocycles. The molecule has 1 aliphatic heterocycles. The van der Waals surface area contributed by atoms with E-state index in [2.05, 4.69) is 93.7 Å². The molecule has 156 valence electrons. The van der Waals surface area contributed by atoms with Gasteiger partial charge in [0, 0.05) is 49.7 Å². The SMILES string of the molecule is Cl.NC(=NCCc1ccccc1)c1ccc(N2CCN(c3ccccc3)CC2)cc1. The summed E-state index contributed by atoms with van der Waals surface area (Å²) in [5.41, 5.74) is 11.0. The van der Waals surface area contributed by atoms with Gasteiger partial charge in [-0.1, -0.05) is 48.5 Å². The van der Waals surface area contributed by atoms with Crippen LogP contribution in [0.4, 0.5) is 11.4 Å². The summed E-state index contributed by atoms with van der Waals surface area (Å²) < 4.78 is 0. The minimum atomic E-state index is 0. The summed E-state index contributed by atoms with van der Waals surface area (Å²) in [6.45, 7) is 4.83. The van der Waals surface area contributed by atoms with Crippen molar-refractivity contribution in [3.63, 3.8) is 0 Å². The van der Waals surface area contributed by atoms with Gasteiger partial charge in [-0.3, -0.25) is 4.99 Å². The van der Waals surface area contributed by atoms with Crippen LogP contribution in [0.3, 0.4) is 0 Å². The van der Waals surface area contributed by atoms with Crippen LogP contribution in [0.25, 0.3) is 0 Å².